The Balaban J connectivity index is 1.99. The van der Waals surface area contributed by atoms with Crippen molar-refractivity contribution < 1.29 is 9.53 Å². The summed E-state index contributed by atoms with van der Waals surface area (Å²) in [5.41, 5.74) is 2.08. The fraction of sp³-hybridized carbons (Fsp3) is 0.286. The largest absolute Gasteiger partial charge is 0.451 e. The second-order valence-electron chi connectivity index (χ2n) is 4.75. The number of ether oxygens (including phenoxy) is 1. The smallest absolute Gasteiger partial charge is 0.292 e. The third-order valence-electron chi connectivity index (χ3n) is 3.57. The number of fused-ring (bicyclic) bond motifs is 1. The highest BCUT2D eigenvalue weighted by molar-refractivity contribution is 9.10. The lowest BCUT2D eigenvalue weighted by atomic mass is 9.94. The van der Waals surface area contributed by atoms with E-state index >= 15 is 0 Å². The number of para-hydroxylation sites is 1. The van der Waals surface area contributed by atoms with Crippen LogP contribution in [-0.4, -0.2) is 30.1 Å². The van der Waals surface area contributed by atoms with Crippen molar-refractivity contribution in [1.29, 1.82) is 0 Å². The first-order chi connectivity index (χ1) is 9.61. The van der Waals surface area contributed by atoms with Gasteiger partial charge in [0.15, 0.2) is 6.10 Å². The summed E-state index contributed by atoms with van der Waals surface area (Å²) in [5.74, 6) is -0.222. The predicted octanol–water partition coefficient (Wildman–Crippen LogP) is 2.53. The summed E-state index contributed by atoms with van der Waals surface area (Å²) in [5, 5.41) is 3.71. The molecule has 0 spiro atoms. The Morgan fingerprint density at radius 2 is 2.25 bits per heavy atom. The van der Waals surface area contributed by atoms with Crippen molar-refractivity contribution in [2.75, 3.05) is 7.05 Å². The molecule has 1 aromatic carbocycles. The highest BCUT2D eigenvalue weighted by Crippen LogP contribution is 2.33. The zero-order chi connectivity index (χ0) is 14.3. The molecule has 2 atom stereocenters. The fourth-order valence-electron chi connectivity index (χ4n) is 2.50. The van der Waals surface area contributed by atoms with E-state index in [0.29, 0.717) is 0 Å². The minimum atomic E-state index is -0.549. The van der Waals surface area contributed by atoms with Gasteiger partial charge in [-0.05, 0) is 27.6 Å². The molecule has 0 radical (unpaired) electrons. The van der Waals surface area contributed by atoms with E-state index in [1.165, 1.54) is 0 Å². The summed E-state index contributed by atoms with van der Waals surface area (Å²) >= 11 is 3.51. The number of aromatic nitrogens is 1. The van der Waals surface area contributed by atoms with Gasteiger partial charge in [0, 0.05) is 29.0 Å². The van der Waals surface area contributed by atoms with E-state index in [4.69, 9.17) is 4.74 Å². The van der Waals surface area contributed by atoms with Gasteiger partial charge in [-0.25, -0.2) is 4.99 Å². The van der Waals surface area contributed by atoms with Crippen molar-refractivity contribution in [3.8, 4) is 0 Å². The molecular formula is C14H14BrN3O2. The zero-order valence-corrected chi connectivity index (χ0v) is 12.7. The van der Waals surface area contributed by atoms with E-state index in [1.807, 2.05) is 31.3 Å². The molecule has 0 saturated carbocycles. The quantitative estimate of drug-likeness (QED) is 0.885. The molecule has 0 aliphatic carbocycles. The molecule has 6 heteroatoms. The van der Waals surface area contributed by atoms with E-state index < -0.39 is 6.10 Å². The van der Waals surface area contributed by atoms with E-state index in [9.17, 15) is 4.79 Å². The van der Waals surface area contributed by atoms with Crippen LogP contribution in [0.2, 0.25) is 0 Å². The molecule has 20 heavy (non-hydrogen) atoms. The number of halogens is 1. The van der Waals surface area contributed by atoms with Crippen molar-refractivity contribution in [2.45, 2.75) is 18.9 Å². The normalized spacial score (nSPS) is 22.1. The minimum absolute atomic E-state index is 0.0719. The summed E-state index contributed by atoms with van der Waals surface area (Å²) < 4.78 is 6.55. The maximum atomic E-state index is 11.9. The number of hydrogen-bond acceptors (Lipinski definition) is 3. The Kier molecular flexibility index (Phi) is 3.25. The second-order valence-corrected chi connectivity index (χ2v) is 5.61. The van der Waals surface area contributed by atoms with Crippen LogP contribution >= 0.6 is 15.9 Å². The van der Waals surface area contributed by atoms with E-state index in [0.717, 1.165) is 20.9 Å². The number of amides is 1. The molecule has 1 aromatic heterocycles. The molecule has 2 heterocycles. The van der Waals surface area contributed by atoms with Crippen LogP contribution in [0.4, 0.5) is 0 Å². The number of nitrogens with zero attached hydrogens (tertiary/aromatic N) is 1. The summed E-state index contributed by atoms with van der Waals surface area (Å²) in [4.78, 5) is 19.1. The van der Waals surface area contributed by atoms with E-state index in [1.54, 1.807) is 7.05 Å². The Hall–Kier alpha value is -1.82. The first-order valence-corrected chi connectivity index (χ1v) is 7.11. The monoisotopic (exact) mass is 335 g/mol. The first-order valence-electron chi connectivity index (χ1n) is 6.31. The molecule has 1 fully saturated rings. The van der Waals surface area contributed by atoms with Gasteiger partial charge in [-0.2, -0.15) is 0 Å². The van der Waals surface area contributed by atoms with Gasteiger partial charge in [0.2, 0.25) is 0 Å². The number of aliphatic imine (C=N–C) groups is 1. The molecular weight excluding hydrogens is 322 g/mol. The zero-order valence-electron chi connectivity index (χ0n) is 11.1. The Morgan fingerprint density at radius 1 is 1.45 bits per heavy atom. The van der Waals surface area contributed by atoms with Gasteiger partial charge in [0.05, 0.1) is 5.52 Å². The summed E-state index contributed by atoms with van der Waals surface area (Å²) in [6.45, 7) is 1.98. The molecule has 2 aromatic rings. The standard InChI is InChI=1S/C14H14BrN3O2/c1-7(12-13(19)18-14(16-2)20-12)9-6-17-11-8(9)4-3-5-10(11)15/h3-7,12,17H,1-2H3,(H,16,18,19). The average Bonchev–Trinajstić information content (AvgIpc) is 3.02. The van der Waals surface area contributed by atoms with E-state index in [-0.39, 0.29) is 17.8 Å². The summed E-state index contributed by atoms with van der Waals surface area (Å²) in [7, 11) is 1.59. The number of amidine groups is 1. The molecule has 104 valence electrons. The average molecular weight is 336 g/mol. The number of hydrogen-bond donors (Lipinski definition) is 2. The van der Waals surface area contributed by atoms with Gasteiger partial charge in [-0.3, -0.25) is 10.1 Å². The van der Waals surface area contributed by atoms with Crippen molar-refractivity contribution in [2.24, 2.45) is 4.99 Å². The summed E-state index contributed by atoms with van der Waals surface area (Å²) in [6, 6.07) is 6.27. The van der Waals surface area contributed by atoms with Crippen LogP contribution in [0, 0.1) is 0 Å². The first kappa shape index (κ1) is 13.2. The van der Waals surface area contributed by atoms with Crippen molar-refractivity contribution in [3.05, 3.63) is 34.4 Å². The maximum absolute atomic E-state index is 11.9. The number of carbonyl (C=O) groups excluding carboxylic acids is 1. The van der Waals surface area contributed by atoms with Crippen LogP contribution in [0.1, 0.15) is 18.4 Å². The third-order valence-corrected chi connectivity index (χ3v) is 4.23. The highest BCUT2D eigenvalue weighted by atomic mass is 79.9. The lowest BCUT2D eigenvalue weighted by molar-refractivity contribution is -0.124. The van der Waals surface area contributed by atoms with Crippen LogP contribution in [0.15, 0.2) is 33.9 Å². The fourth-order valence-corrected chi connectivity index (χ4v) is 2.98. The third kappa shape index (κ3) is 2.00. The number of benzene rings is 1. The van der Waals surface area contributed by atoms with Gasteiger partial charge < -0.3 is 9.72 Å². The van der Waals surface area contributed by atoms with Gasteiger partial charge in [0.25, 0.3) is 11.9 Å². The Labute approximate surface area is 124 Å². The Morgan fingerprint density at radius 3 is 2.95 bits per heavy atom. The van der Waals surface area contributed by atoms with Crippen LogP contribution in [0.5, 0.6) is 0 Å². The number of rotatable bonds is 2. The minimum Gasteiger partial charge on any atom is -0.451 e. The predicted molar refractivity (Wildman–Crippen MR) is 80.8 cm³/mol. The highest BCUT2D eigenvalue weighted by Gasteiger charge is 2.36. The molecule has 0 bridgehead atoms. The molecule has 5 nitrogen and oxygen atoms in total. The lowest BCUT2D eigenvalue weighted by Gasteiger charge is -2.15. The SMILES string of the molecule is CN=C1NC(=O)C(C(C)c2c[nH]c3c(Br)cccc23)O1. The van der Waals surface area contributed by atoms with Crippen LogP contribution in [0.3, 0.4) is 0 Å². The van der Waals surface area contributed by atoms with Crippen LogP contribution in [-0.2, 0) is 9.53 Å². The van der Waals surface area contributed by atoms with E-state index in [2.05, 4.69) is 31.2 Å². The number of aromatic amines is 1. The van der Waals surface area contributed by atoms with Crippen LogP contribution < -0.4 is 5.32 Å². The molecule has 1 aliphatic heterocycles. The Bertz CT molecular complexity index is 708. The summed E-state index contributed by atoms with van der Waals surface area (Å²) in [6.07, 6.45) is 1.38. The molecule has 1 saturated heterocycles. The lowest BCUT2D eigenvalue weighted by Crippen LogP contribution is -2.28. The number of nitrogens with one attached hydrogen (secondary N) is 2. The molecule has 3 rings (SSSR count). The van der Waals surface area contributed by atoms with Gasteiger partial charge >= 0.3 is 0 Å². The van der Waals surface area contributed by atoms with Crippen molar-refractivity contribution in [1.82, 2.24) is 10.3 Å². The molecule has 2 unspecified atom stereocenters. The molecule has 2 N–H and O–H groups in total. The van der Waals surface area contributed by atoms with Gasteiger partial charge in [-0.15, -0.1) is 0 Å². The maximum Gasteiger partial charge on any atom is 0.292 e. The van der Waals surface area contributed by atoms with Crippen molar-refractivity contribution in [3.63, 3.8) is 0 Å². The molecule has 1 amide bonds. The van der Waals surface area contributed by atoms with Gasteiger partial charge in [-0.1, -0.05) is 19.1 Å². The number of H-pyrrole nitrogens is 1. The number of carbonyl (C=O) groups is 1. The van der Waals surface area contributed by atoms with Crippen molar-refractivity contribution >= 4 is 38.8 Å². The topological polar surface area (TPSA) is 66.5 Å². The second kappa shape index (κ2) is 4.94. The van der Waals surface area contributed by atoms with Gasteiger partial charge in [0.1, 0.15) is 0 Å². The molecule has 1 aliphatic rings. The van der Waals surface area contributed by atoms with Crippen LogP contribution in [0.25, 0.3) is 10.9 Å².